The molecule has 1 N–H and O–H groups in total. The third-order valence-electron chi connectivity index (χ3n) is 5.12. The summed E-state index contributed by atoms with van der Waals surface area (Å²) in [5.74, 6) is -0.101. The molecule has 2 rings (SSSR count). The highest BCUT2D eigenvalue weighted by Gasteiger charge is 2.21. The van der Waals surface area contributed by atoms with Crippen LogP contribution in [-0.4, -0.2) is 71.9 Å². The number of hydrogen-bond donors (Lipinski definition) is 1. The van der Waals surface area contributed by atoms with E-state index in [2.05, 4.69) is 31.0 Å². The van der Waals surface area contributed by atoms with Crippen molar-refractivity contribution in [2.75, 3.05) is 40.3 Å². The minimum Gasteiger partial charge on any atom is -0.338 e. The van der Waals surface area contributed by atoms with Crippen LogP contribution in [0.4, 0.5) is 0 Å². The number of rotatable bonds is 12. The van der Waals surface area contributed by atoms with Crippen LogP contribution in [0.3, 0.4) is 0 Å². The lowest BCUT2D eigenvalue weighted by atomic mass is 10.2. The number of unbranched alkanes of at least 4 members (excludes halogenated alkanes) is 1. The van der Waals surface area contributed by atoms with Crippen LogP contribution in [0.2, 0.25) is 0 Å². The van der Waals surface area contributed by atoms with Crippen LogP contribution in [0.1, 0.15) is 47.9 Å². The SMILES string of the molecule is CCCCN(CCC(=O)N(CC[NH+](C)C)Cc1ccccc1)C(=O)c1cnc(C)cn1. The molecule has 0 aliphatic heterocycles. The third-order valence-corrected chi connectivity index (χ3v) is 5.12. The molecule has 1 aromatic carbocycles. The molecule has 0 unspecified atom stereocenters. The van der Waals surface area contributed by atoms with E-state index in [1.54, 1.807) is 11.1 Å². The Morgan fingerprint density at radius 2 is 1.71 bits per heavy atom. The first-order valence-corrected chi connectivity index (χ1v) is 11.1. The number of nitrogens with one attached hydrogen (secondary N) is 1. The van der Waals surface area contributed by atoms with E-state index in [1.165, 1.54) is 11.1 Å². The Labute approximate surface area is 186 Å². The smallest absolute Gasteiger partial charge is 0.274 e. The fourth-order valence-electron chi connectivity index (χ4n) is 3.17. The second kappa shape index (κ2) is 12.8. The van der Waals surface area contributed by atoms with Gasteiger partial charge >= 0.3 is 0 Å². The largest absolute Gasteiger partial charge is 0.338 e. The summed E-state index contributed by atoms with van der Waals surface area (Å²) in [6.07, 6.45) is 5.27. The van der Waals surface area contributed by atoms with Gasteiger partial charge in [0.1, 0.15) is 5.69 Å². The number of nitrogens with zero attached hydrogens (tertiary/aromatic N) is 4. The molecule has 1 heterocycles. The van der Waals surface area contributed by atoms with Gasteiger partial charge in [0.25, 0.3) is 5.91 Å². The molecule has 7 heteroatoms. The molecule has 7 nitrogen and oxygen atoms in total. The van der Waals surface area contributed by atoms with E-state index in [-0.39, 0.29) is 11.8 Å². The van der Waals surface area contributed by atoms with E-state index >= 15 is 0 Å². The van der Waals surface area contributed by atoms with Gasteiger partial charge in [-0.25, -0.2) is 4.98 Å². The lowest BCUT2D eigenvalue weighted by Crippen LogP contribution is -3.06. The summed E-state index contributed by atoms with van der Waals surface area (Å²) in [7, 11) is 4.16. The highest BCUT2D eigenvalue weighted by atomic mass is 16.2. The molecule has 0 aliphatic rings. The standard InChI is InChI=1S/C24H35N5O2/c1-5-6-13-28(24(31)22-18-25-20(2)17-26-22)14-12-23(30)29(16-15-27(3)4)19-21-10-8-7-9-11-21/h7-11,17-18H,5-6,12-16,19H2,1-4H3/p+1. The number of hydrogen-bond acceptors (Lipinski definition) is 4. The molecular formula is C24H36N5O2+. The van der Waals surface area contributed by atoms with Crippen LogP contribution >= 0.6 is 0 Å². The number of carbonyl (C=O) groups is 2. The Morgan fingerprint density at radius 3 is 2.32 bits per heavy atom. The average molecular weight is 427 g/mol. The maximum atomic E-state index is 13.1. The monoisotopic (exact) mass is 426 g/mol. The van der Waals surface area contributed by atoms with Gasteiger partial charge in [-0.2, -0.15) is 0 Å². The molecule has 0 fully saturated rings. The minimum atomic E-state index is -0.166. The Morgan fingerprint density at radius 1 is 0.968 bits per heavy atom. The molecule has 2 aromatic rings. The van der Waals surface area contributed by atoms with Crippen molar-refractivity contribution < 1.29 is 14.5 Å². The third kappa shape index (κ3) is 8.45. The quantitative estimate of drug-likeness (QED) is 0.560. The van der Waals surface area contributed by atoms with Crippen LogP contribution in [0.5, 0.6) is 0 Å². The zero-order chi connectivity index (χ0) is 22.6. The van der Waals surface area contributed by atoms with Gasteiger partial charge in [0.15, 0.2) is 0 Å². The molecule has 0 spiro atoms. The number of aromatic nitrogens is 2. The first-order chi connectivity index (χ1) is 14.9. The van der Waals surface area contributed by atoms with Crippen molar-refractivity contribution in [3.05, 3.63) is 59.7 Å². The van der Waals surface area contributed by atoms with Gasteiger partial charge in [0, 0.05) is 32.3 Å². The molecule has 0 atom stereocenters. The zero-order valence-electron chi connectivity index (χ0n) is 19.3. The van der Waals surface area contributed by atoms with Crippen LogP contribution in [0, 0.1) is 6.92 Å². The van der Waals surface area contributed by atoms with E-state index in [4.69, 9.17) is 0 Å². The van der Waals surface area contributed by atoms with Crippen LogP contribution in [0.25, 0.3) is 0 Å². The average Bonchev–Trinajstić information content (AvgIpc) is 2.77. The van der Waals surface area contributed by atoms with Crippen molar-refractivity contribution in [3.63, 3.8) is 0 Å². The Balaban J connectivity index is 2.05. The number of likely N-dealkylation sites (N-methyl/N-ethyl adjacent to an activating group) is 1. The first-order valence-electron chi connectivity index (χ1n) is 11.1. The summed E-state index contributed by atoms with van der Waals surface area (Å²) in [6.45, 7) is 7.06. The van der Waals surface area contributed by atoms with Crippen LogP contribution < -0.4 is 4.90 Å². The Hall–Kier alpha value is -2.80. The van der Waals surface area contributed by atoms with E-state index in [0.717, 1.165) is 30.6 Å². The molecule has 31 heavy (non-hydrogen) atoms. The predicted octanol–water partition coefficient (Wildman–Crippen LogP) is 1.59. The van der Waals surface area contributed by atoms with Gasteiger partial charge in [-0.3, -0.25) is 14.6 Å². The summed E-state index contributed by atoms with van der Waals surface area (Å²) >= 11 is 0. The van der Waals surface area contributed by atoms with Gasteiger partial charge in [-0.1, -0.05) is 43.7 Å². The fourth-order valence-corrected chi connectivity index (χ4v) is 3.17. The number of quaternary nitrogens is 1. The molecule has 0 radical (unpaired) electrons. The normalized spacial score (nSPS) is 10.9. The molecular weight excluding hydrogens is 390 g/mol. The Bertz CT molecular complexity index is 808. The van der Waals surface area contributed by atoms with E-state index in [1.807, 2.05) is 42.2 Å². The topological polar surface area (TPSA) is 70.8 Å². The first kappa shape index (κ1) is 24.5. The number of aryl methyl sites for hydroxylation is 1. The van der Waals surface area contributed by atoms with E-state index in [9.17, 15) is 9.59 Å². The summed E-state index contributed by atoms with van der Waals surface area (Å²) in [4.78, 5) is 39.4. The van der Waals surface area contributed by atoms with Crippen molar-refractivity contribution in [2.45, 2.75) is 39.7 Å². The van der Waals surface area contributed by atoms with Crippen molar-refractivity contribution >= 4 is 11.8 Å². The molecule has 0 aliphatic carbocycles. The number of amides is 2. The van der Waals surface area contributed by atoms with Crippen molar-refractivity contribution in [1.82, 2.24) is 19.8 Å². The van der Waals surface area contributed by atoms with Gasteiger partial charge in [0.05, 0.1) is 39.1 Å². The number of carbonyl (C=O) groups excluding carboxylic acids is 2. The molecule has 0 bridgehead atoms. The molecule has 2 amide bonds. The summed E-state index contributed by atoms with van der Waals surface area (Å²) in [6, 6.07) is 10.0. The predicted molar refractivity (Wildman–Crippen MR) is 122 cm³/mol. The summed E-state index contributed by atoms with van der Waals surface area (Å²) in [5.41, 5.74) is 2.20. The fraction of sp³-hybridized carbons (Fsp3) is 0.500. The molecule has 1 aromatic heterocycles. The summed E-state index contributed by atoms with van der Waals surface area (Å²) in [5, 5.41) is 0. The lowest BCUT2D eigenvalue weighted by molar-refractivity contribution is -0.857. The van der Waals surface area contributed by atoms with E-state index < -0.39 is 0 Å². The van der Waals surface area contributed by atoms with Crippen LogP contribution in [0.15, 0.2) is 42.7 Å². The lowest BCUT2D eigenvalue weighted by Gasteiger charge is -2.26. The maximum Gasteiger partial charge on any atom is 0.274 e. The highest BCUT2D eigenvalue weighted by Crippen LogP contribution is 2.09. The second-order valence-corrected chi connectivity index (χ2v) is 8.20. The zero-order valence-corrected chi connectivity index (χ0v) is 19.3. The van der Waals surface area contributed by atoms with Crippen molar-refractivity contribution in [1.29, 1.82) is 0 Å². The molecule has 0 saturated heterocycles. The number of benzene rings is 1. The highest BCUT2D eigenvalue weighted by molar-refractivity contribution is 5.92. The van der Waals surface area contributed by atoms with Gasteiger partial charge in [-0.05, 0) is 18.9 Å². The van der Waals surface area contributed by atoms with Gasteiger partial charge in [0.2, 0.25) is 5.91 Å². The van der Waals surface area contributed by atoms with Crippen molar-refractivity contribution in [3.8, 4) is 0 Å². The van der Waals surface area contributed by atoms with Crippen molar-refractivity contribution in [2.24, 2.45) is 0 Å². The molecule has 168 valence electrons. The second-order valence-electron chi connectivity index (χ2n) is 8.20. The van der Waals surface area contributed by atoms with Gasteiger partial charge < -0.3 is 14.7 Å². The maximum absolute atomic E-state index is 13.1. The Kier molecular flexibility index (Phi) is 10.1. The minimum absolute atomic E-state index is 0.0643. The van der Waals surface area contributed by atoms with Gasteiger partial charge in [-0.15, -0.1) is 0 Å². The van der Waals surface area contributed by atoms with Crippen LogP contribution in [-0.2, 0) is 11.3 Å². The van der Waals surface area contributed by atoms with E-state index in [0.29, 0.717) is 38.3 Å². The summed E-state index contributed by atoms with van der Waals surface area (Å²) < 4.78 is 0. The molecule has 0 saturated carbocycles.